The van der Waals surface area contributed by atoms with Gasteiger partial charge in [0, 0.05) is 41.8 Å². The predicted octanol–water partition coefficient (Wildman–Crippen LogP) is 1.93. The Hall–Kier alpha value is -1.57. The monoisotopic (exact) mass is 339 g/mol. The first-order valence-corrected chi connectivity index (χ1v) is 8.03. The molecule has 1 unspecified atom stereocenters. The molecule has 22 heavy (non-hydrogen) atoms. The standard InChI is InChI=1S/C14H17N5OS.ClH/c20-13(7-12-8-21-6-5-15-12)18-11-3-1-10(2-4-11)14-16-9-17-19-14;/h1-4,9,12,15H,5-8H2,(H,18,20)(H,16,17,19);1H. The molecule has 1 aliphatic rings. The molecule has 2 heterocycles. The van der Waals surface area contributed by atoms with Crippen LogP contribution in [-0.2, 0) is 4.79 Å². The molecule has 1 saturated heterocycles. The van der Waals surface area contributed by atoms with Crippen LogP contribution in [0.2, 0.25) is 0 Å². The highest BCUT2D eigenvalue weighted by Crippen LogP contribution is 2.18. The van der Waals surface area contributed by atoms with Gasteiger partial charge in [-0.25, -0.2) is 4.98 Å². The molecule has 1 fully saturated rings. The summed E-state index contributed by atoms with van der Waals surface area (Å²) >= 11 is 1.89. The van der Waals surface area contributed by atoms with E-state index in [9.17, 15) is 4.79 Å². The van der Waals surface area contributed by atoms with Crippen molar-refractivity contribution in [2.45, 2.75) is 12.5 Å². The Morgan fingerprint density at radius 2 is 2.18 bits per heavy atom. The number of nitrogens with one attached hydrogen (secondary N) is 3. The normalized spacial score (nSPS) is 17.5. The fraction of sp³-hybridized carbons (Fsp3) is 0.357. The minimum absolute atomic E-state index is 0. The number of aromatic nitrogens is 3. The van der Waals surface area contributed by atoms with Crippen LogP contribution < -0.4 is 10.6 Å². The summed E-state index contributed by atoms with van der Waals surface area (Å²) in [6.07, 6.45) is 1.98. The van der Waals surface area contributed by atoms with E-state index in [1.165, 1.54) is 6.33 Å². The molecule has 0 spiro atoms. The van der Waals surface area contributed by atoms with E-state index >= 15 is 0 Å². The van der Waals surface area contributed by atoms with Gasteiger partial charge in [0.25, 0.3) is 0 Å². The molecule has 8 heteroatoms. The Labute approximate surface area is 139 Å². The first-order chi connectivity index (χ1) is 10.3. The molecule has 1 aromatic heterocycles. The molecule has 118 valence electrons. The number of thioether (sulfide) groups is 1. The van der Waals surface area contributed by atoms with Crippen molar-refractivity contribution in [1.29, 1.82) is 0 Å². The van der Waals surface area contributed by atoms with Gasteiger partial charge in [0.1, 0.15) is 6.33 Å². The molecule has 2 aromatic rings. The maximum atomic E-state index is 12.0. The Morgan fingerprint density at radius 1 is 1.36 bits per heavy atom. The number of benzene rings is 1. The highest BCUT2D eigenvalue weighted by atomic mass is 35.5. The average Bonchev–Trinajstić information content (AvgIpc) is 3.03. The van der Waals surface area contributed by atoms with Crippen molar-refractivity contribution in [3.8, 4) is 11.4 Å². The molecule has 0 saturated carbocycles. The lowest BCUT2D eigenvalue weighted by atomic mass is 10.2. The van der Waals surface area contributed by atoms with E-state index in [1.54, 1.807) is 0 Å². The van der Waals surface area contributed by atoms with Crippen LogP contribution in [0.15, 0.2) is 30.6 Å². The number of nitrogens with zero attached hydrogens (tertiary/aromatic N) is 2. The van der Waals surface area contributed by atoms with Crippen LogP contribution in [0.4, 0.5) is 5.69 Å². The fourth-order valence-corrected chi connectivity index (χ4v) is 3.19. The second-order valence-corrected chi connectivity index (χ2v) is 6.04. The highest BCUT2D eigenvalue weighted by molar-refractivity contribution is 7.99. The van der Waals surface area contributed by atoms with Gasteiger partial charge in [-0.05, 0) is 24.3 Å². The molecule has 6 nitrogen and oxygen atoms in total. The number of amides is 1. The molecule has 0 bridgehead atoms. The summed E-state index contributed by atoms with van der Waals surface area (Å²) in [5.41, 5.74) is 1.74. The molecule has 0 aliphatic carbocycles. The maximum absolute atomic E-state index is 12.0. The van der Waals surface area contributed by atoms with Crippen molar-refractivity contribution < 1.29 is 4.79 Å². The quantitative estimate of drug-likeness (QED) is 0.792. The summed E-state index contributed by atoms with van der Waals surface area (Å²) < 4.78 is 0. The molecule has 1 aromatic carbocycles. The molecular formula is C14H18ClN5OS. The second-order valence-electron chi connectivity index (χ2n) is 4.89. The van der Waals surface area contributed by atoms with E-state index < -0.39 is 0 Å². The van der Waals surface area contributed by atoms with Gasteiger partial charge < -0.3 is 10.6 Å². The van der Waals surface area contributed by atoms with Gasteiger partial charge in [-0.2, -0.15) is 16.9 Å². The largest absolute Gasteiger partial charge is 0.326 e. The van der Waals surface area contributed by atoms with E-state index in [0.29, 0.717) is 6.42 Å². The van der Waals surface area contributed by atoms with Gasteiger partial charge >= 0.3 is 0 Å². The topological polar surface area (TPSA) is 82.7 Å². The Bertz CT molecular complexity index is 584. The van der Waals surface area contributed by atoms with E-state index in [2.05, 4.69) is 25.8 Å². The number of carbonyl (C=O) groups is 1. The summed E-state index contributed by atoms with van der Waals surface area (Å²) in [4.78, 5) is 16.1. The Balaban J connectivity index is 0.00000176. The molecule has 3 rings (SSSR count). The van der Waals surface area contributed by atoms with Gasteiger partial charge in [0.2, 0.25) is 5.91 Å². The van der Waals surface area contributed by atoms with Crippen LogP contribution in [-0.4, -0.2) is 45.2 Å². The van der Waals surface area contributed by atoms with Crippen molar-refractivity contribution in [3.05, 3.63) is 30.6 Å². The molecule has 0 radical (unpaired) electrons. The lowest BCUT2D eigenvalue weighted by Crippen LogP contribution is -2.39. The van der Waals surface area contributed by atoms with Crippen LogP contribution in [0.1, 0.15) is 6.42 Å². The first-order valence-electron chi connectivity index (χ1n) is 6.88. The Morgan fingerprint density at radius 3 is 2.82 bits per heavy atom. The van der Waals surface area contributed by atoms with Crippen molar-refractivity contribution in [3.63, 3.8) is 0 Å². The summed E-state index contributed by atoms with van der Waals surface area (Å²) in [6.45, 7) is 0.981. The van der Waals surface area contributed by atoms with Crippen molar-refractivity contribution in [2.75, 3.05) is 23.4 Å². The zero-order valence-electron chi connectivity index (χ0n) is 11.9. The number of rotatable bonds is 4. The Kier molecular flexibility index (Phi) is 6.23. The number of hydrogen-bond acceptors (Lipinski definition) is 5. The van der Waals surface area contributed by atoms with E-state index in [4.69, 9.17) is 0 Å². The van der Waals surface area contributed by atoms with Crippen LogP contribution in [0.3, 0.4) is 0 Å². The van der Waals surface area contributed by atoms with Crippen LogP contribution in [0.25, 0.3) is 11.4 Å². The molecule has 1 atom stereocenters. The predicted molar refractivity (Wildman–Crippen MR) is 91.4 cm³/mol. The maximum Gasteiger partial charge on any atom is 0.225 e. The van der Waals surface area contributed by atoms with E-state index in [-0.39, 0.29) is 24.4 Å². The smallest absolute Gasteiger partial charge is 0.225 e. The van der Waals surface area contributed by atoms with Gasteiger partial charge in [-0.1, -0.05) is 0 Å². The minimum atomic E-state index is 0. The first kappa shape index (κ1) is 16.8. The lowest BCUT2D eigenvalue weighted by Gasteiger charge is -2.22. The number of halogens is 1. The average molecular weight is 340 g/mol. The number of carbonyl (C=O) groups excluding carboxylic acids is 1. The SMILES string of the molecule is Cl.O=C(CC1CSCCN1)Nc1ccc(-c2ncn[nH]2)cc1. The van der Waals surface area contributed by atoms with Crippen molar-refractivity contribution in [1.82, 2.24) is 20.5 Å². The van der Waals surface area contributed by atoms with Crippen molar-refractivity contribution >= 4 is 35.8 Å². The van der Waals surface area contributed by atoms with Gasteiger partial charge in [-0.3, -0.25) is 9.89 Å². The molecular weight excluding hydrogens is 322 g/mol. The van der Waals surface area contributed by atoms with Gasteiger partial charge in [-0.15, -0.1) is 12.4 Å². The lowest BCUT2D eigenvalue weighted by molar-refractivity contribution is -0.116. The van der Waals surface area contributed by atoms with Gasteiger partial charge in [0.15, 0.2) is 5.82 Å². The fourth-order valence-electron chi connectivity index (χ4n) is 2.24. The third kappa shape index (κ3) is 4.46. The number of H-pyrrole nitrogens is 1. The third-order valence-electron chi connectivity index (χ3n) is 3.29. The van der Waals surface area contributed by atoms with Crippen LogP contribution in [0, 0.1) is 0 Å². The van der Waals surface area contributed by atoms with E-state index in [0.717, 1.165) is 35.1 Å². The summed E-state index contributed by atoms with van der Waals surface area (Å²) in [7, 11) is 0. The molecule has 1 amide bonds. The number of hydrogen-bond donors (Lipinski definition) is 3. The van der Waals surface area contributed by atoms with Crippen molar-refractivity contribution in [2.24, 2.45) is 0 Å². The van der Waals surface area contributed by atoms with Crippen LogP contribution >= 0.6 is 24.2 Å². The number of aromatic amines is 1. The second kappa shape index (κ2) is 8.17. The summed E-state index contributed by atoms with van der Waals surface area (Å²) in [5.74, 6) is 2.89. The van der Waals surface area contributed by atoms with Crippen LogP contribution in [0.5, 0.6) is 0 Å². The summed E-state index contributed by atoms with van der Waals surface area (Å²) in [6, 6.07) is 7.84. The van der Waals surface area contributed by atoms with E-state index in [1.807, 2.05) is 36.0 Å². The van der Waals surface area contributed by atoms with Gasteiger partial charge in [0.05, 0.1) is 0 Å². The zero-order chi connectivity index (χ0) is 14.5. The minimum Gasteiger partial charge on any atom is -0.326 e. The molecule has 3 N–H and O–H groups in total. The third-order valence-corrected chi connectivity index (χ3v) is 4.42. The zero-order valence-corrected chi connectivity index (χ0v) is 13.5. The highest BCUT2D eigenvalue weighted by Gasteiger charge is 2.16. The molecule has 1 aliphatic heterocycles. The number of anilines is 1. The summed E-state index contributed by atoms with van der Waals surface area (Å²) in [5, 5.41) is 12.9.